The highest BCUT2D eigenvalue weighted by Gasteiger charge is 2.30. The van der Waals surface area contributed by atoms with Gasteiger partial charge in [-0.05, 0) is 24.6 Å². The summed E-state index contributed by atoms with van der Waals surface area (Å²) in [6.07, 6.45) is 2.06. The van der Waals surface area contributed by atoms with Crippen LogP contribution in [0.5, 0.6) is 0 Å². The van der Waals surface area contributed by atoms with Gasteiger partial charge in [0, 0.05) is 24.6 Å². The summed E-state index contributed by atoms with van der Waals surface area (Å²) < 4.78 is 17.8. The second-order valence-corrected chi connectivity index (χ2v) is 5.06. The van der Waals surface area contributed by atoms with Crippen LogP contribution in [0.1, 0.15) is 28.5 Å². The SMILES string of the molecule is O=C(c1ccc(F)c(Cl)c1)N1CCC(c2ncon2)C1. The van der Waals surface area contributed by atoms with Crippen LogP contribution in [0.3, 0.4) is 0 Å². The Morgan fingerprint density at radius 2 is 2.35 bits per heavy atom. The molecule has 104 valence electrons. The van der Waals surface area contributed by atoms with Gasteiger partial charge >= 0.3 is 0 Å². The summed E-state index contributed by atoms with van der Waals surface area (Å²) in [7, 11) is 0. The molecule has 3 rings (SSSR count). The van der Waals surface area contributed by atoms with Gasteiger partial charge in [0.15, 0.2) is 5.82 Å². The third-order valence-electron chi connectivity index (χ3n) is 3.39. The number of hydrogen-bond donors (Lipinski definition) is 0. The number of nitrogens with zero attached hydrogens (tertiary/aromatic N) is 3. The predicted octanol–water partition coefficient (Wildman–Crippen LogP) is 2.49. The van der Waals surface area contributed by atoms with E-state index in [0.717, 1.165) is 6.42 Å². The molecule has 0 radical (unpaired) electrons. The maximum atomic E-state index is 13.1. The normalized spacial score (nSPS) is 18.5. The molecule has 1 aromatic carbocycles. The Hall–Kier alpha value is -1.95. The van der Waals surface area contributed by atoms with Crippen molar-refractivity contribution >= 4 is 17.5 Å². The number of amides is 1. The maximum absolute atomic E-state index is 13.1. The van der Waals surface area contributed by atoms with E-state index in [1.807, 2.05) is 0 Å². The fourth-order valence-electron chi connectivity index (χ4n) is 2.33. The van der Waals surface area contributed by atoms with Crippen molar-refractivity contribution in [1.29, 1.82) is 0 Å². The summed E-state index contributed by atoms with van der Waals surface area (Å²) in [5.74, 6) is -0.0155. The average molecular weight is 296 g/mol. The summed E-state index contributed by atoms with van der Waals surface area (Å²) in [6.45, 7) is 1.13. The minimum Gasteiger partial charge on any atom is -0.343 e. The molecular weight excluding hydrogens is 285 g/mol. The number of likely N-dealkylation sites (tertiary alicyclic amines) is 1. The van der Waals surface area contributed by atoms with E-state index < -0.39 is 5.82 Å². The first-order valence-corrected chi connectivity index (χ1v) is 6.53. The second-order valence-electron chi connectivity index (χ2n) is 4.66. The van der Waals surface area contributed by atoms with Crippen molar-refractivity contribution < 1.29 is 13.7 Å². The van der Waals surface area contributed by atoms with E-state index in [-0.39, 0.29) is 16.8 Å². The third-order valence-corrected chi connectivity index (χ3v) is 3.68. The highest BCUT2D eigenvalue weighted by Crippen LogP contribution is 2.26. The zero-order valence-corrected chi connectivity index (χ0v) is 11.2. The van der Waals surface area contributed by atoms with Gasteiger partial charge in [-0.3, -0.25) is 4.79 Å². The van der Waals surface area contributed by atoms with Gasteiger partial charge < -0.3 is 9.42 Å². The fraction of sp³-hybridized carbons (Fsp3) is 0.308. The first-order valence-electron chi connectivity index (χ1n) is 6.16. The van der Waals surface area contributed by atoms with Crippen molar-refractivity contribution in [2.45, 2.75) is 12.3 Å². The quantitative estimate of drug-likeness (QED) is 0.854. The van der Waals surface area contributed by atoms with E-state index in [4.69, 9.17) is 16.1 Å². The molecule has 1 saturated heterocycles. The highest BCUT2D eigenvalue weighted by molar-refractivity contribution is 6.31. The first kappa shape index (κ1) is 13.1. The van der Waals surface area contributed by atoms with Crippen LogP contribution < -0.4 is 0 Å². The van der Waals surface area contributed by atoms with Crippen molar-refractivity contribution in [3.63, 3.8) is 0 Å². The van der Waals surface area contributed by atoms with Crippen molar-refractivity contribution in [1.82, 2.24) is 15.0 Å². The molecule has 1 unspecified atom stereocenters. The molecule has 1 aliphatic rings. The lowest BCUT2D eigenvalue weighted by Gasteiger charge is -2.16. The lowest BCUT2D eigenvalue weighted by Crippen LogP contribution is -2.28. The molecule has 2 heterocycles. The summed E-state index contributed by atoms with van der Waals surface area (Å²) in [4.78, 5) is 18.0. The van der Waals surface area contributed by atoms with E-state index in [9.17, 15) is 9.18 Å². The Balaban J connectivity index is 1.74. The lowest BCUT2D eigenvalue weighted by atomic mass is 10.1. The Kier molecular flexibility index (Phi) is 3.40. The third kappa shape index (κ3) is 2.38. The van der Waals surface area contributed by atoms with Crippen molar-refractivity contribution in [3.05, 3.63) is 46.8 Å². The number of carbonyl (C=O) groups excluding carboxylic acids is 1. The van der Waals surface area contributed by atoms with Crippen LogP contribution in [0.4, 0.5) is 4.39 Å². The molecule has 1 atom stereocenters. The van der Waals surface area contributed by atoms with Gasteiger partial charge in [-0.1, -0.05) is 16.8 Å². The van der Waals surface area contributed by atoms with Gasteiger partial charge in [0.2, 0.25) is 6.39 Å². The fourth-order valence-corrected chi connectivity index (χ4v) is 2.51. The molecule has 1 aliphatic heterocycles. The summed E-state index contributed by atoms with van der Waals surface area (Å²) >= 11 is 5.70. The summed E-state index contributed by atoms with van der Waals surface area (Å²) in [5, 5.41) is 3.74. The number of carbonyl (C=O) groups is 1. The standard InChI is InChI=1S/C13H11ClFN3O2/c14-10-5-8(1-2-11(10)15)13(19)18-4-3-9(6-18)12-16-7-20-17-12/h1-2,5,7,9H,3-4,6H2. The molecule has 0 bridgehead atoms. The molecule has 2 aromatic rings. The summed E-state index contributed by atoms with van der Waals surface area (Å²) in [6, 6.07) is 3.98. The molecule has 0 N–H and O–H groups in total. The molecule has 0 spiro atoms. The van der Waals surface area contributed by atoms with Crippen LogP contribution in [0.15, 0.2) is 29.1 Å². The van der Waals surface area contributed by atoms with Gasteiger partial charge in [0.1, 0.15) is 5.82 Å². The lowest BCUT2D eigenvalue weighted by molar-refractivity contribution is 0.0790. The molecule has 1 aromatic heterocycles. The van der Waals surface area contributed by atoms with Gasteiger partial charge in [-0.25, -0.2) is 4.39 Å². The predicted molar refractivity (Wildman–Crippen MR) is 69.0 cm³/mol. The molecule has 7 heteroatoms. The Morgan fingerprint density at radius 1 is 1.50 bits per heavy atom. The molecular formula is C13H11ClFN3O2. The Morgan fingerprint density at radius 3 is 3.05 bits per heavy atom. The van der Waals surface area contributed by atoms with Crippen molar-refractivity contribution in [2.75, 3.05) is 13.1 Å². The van der Waals surface area contributed by atoms with Gasteiger partial charge in [-0.15, -0.1) is 0 Å². The second kappa shape index (κ2) is 5.20. The van der Waals surface area contributed by atoms with Crippen LogP contribution in [0, 0.1) is 5.82 Å². The molecule has 1 fully saturated rings. The van der Waals surface area contributed by atoms with Crippen LogP contribution >= 0.6 is 11.6 Å². The van der Waals surface area contributed by atoms with Crippen LogP contribution in [0.2, 0.25) is 5.02 Å². The van der Waals surface area contributed by atoms with Gasteiger partial charge in [0.05, 0.1) is 5.02 Å². The van der Waals surface area contributed by atoms with E-state index in [0.29, 0.717) is 24.5 Å². The Bertz CT molecular complexity index is 633. The largest absolute Gasteiger partial charge is 0.343 e. The minimum atomic E-state index is -0.533. The van der Waals surface area contributed by atoms with E-state index in [1.54, 1.807) is 4.90 Å². The first-order chi connectivity index (χ1) is 9.65. The van der Waals surface area contributed by atoms with Gasteiger partial charge in [-0.2, -0.15) is 4.98 Å². The average Bonchev–Trinajstić information content (AvgIpc) is 3.11. The van der Waals surface area contributed by atoms with Crippen LogP contribution in [0.25, 0.3) is 0 Å². The number of rotatable bonds is 2. The molecule has 0 aliphatic carbocycles. The molecule has 20 heavy (non-hydrogen) atoms. The van der Waals surface area contributed by atoms with E-state index in [1.165, 1.54) is 24.6 Å². The Labute approximate surface area is 119 Å². The number of halogens is 2. The highest BCUT2D eigenvalue weighted by atomic mass is 35.5. The van der Waals surface area contributed by atoms with Crippen molar-refractivity contribution in [2.24, 2.45) is 0 Å². The zero-order chi connectivity index (χ0) is 14.1. The molecule has 0 saturated carbocycles. The van der Waals surface area contributed by atoms with E-state index in [2.05, 4.69) is 10.1 Å². The van der Waals surface area contributed by atoms with Gasteiger partial charge in [0.25, 0.3) is 5.91 Å². The molecule has 1 amide bonds. The maximum Gasteiger partial charge on any atom is 0.253 e. The van der Waals surface area contributed by atoms with Crippen molar-refractivity contribution in [3.8, 4) is 0 Å². The smallest absolute Gasteiger partial charge is 0.253 e. The zero-order valence-electron chi connectivity index (χ0n) is 10.4. The summed E-state index contributed by atoms with van der Waals surface area (Å²) in [5.41, 5.74) is 0.380. The number of benzene rings is 1. The van der Waals surface area contributed by atoms with Crippen LogP contribution in [-0.4, -0.2) is 34.0 Å². The topological polar surface area (TPSA) is 59.2 Å². The number of hydrogen-bond acceptors (Lipinski definition) is 4. The number of aromatic nitrogens is 2. The van der Waals surface area contributed by atoms with Crippen LogP contribution in [-0.2, 0) is 0 Å². The monoisotopic (exact) mass is 295 g/mol. The minimum absolute atomic E-state index is 0.0511. The molecule has 5 nitrogen and oxygen atoms in total. The van der Waals surface area contributed by atoms with E-state index >= 15 is 0 Å².